The fourth-order valence-electron chi connectivity index (χ4n) is 1.80. The first kappa shape index (κ1) is 13.3. The number of rotatable bonds is 4. The number of aryl methyl sites for hydroxylation is 2. The number of nitrogens with two attached hydrogens (primary N) is 1. The van der Waals surface area contributed by atoms with Gasteiger partial charge in [-0.05, 0) is 56.2 Å². The zero-order valence-electron chi connectivity index (χ0n) is 11.6. The van der Waals surface area contributed by atoms with Gasteiger partial charge in [0.1, 0.15) is 17.2 Å². The predicted molar refractivity (Wildman–Crippen MR) is 78.0 cm³/mol. The molecular formula is C16H19NO2. The largest absolute Gasteiger partial charge is 0.492 e. The minimum atomic E-state index is 0.530. The Hall–Kier alpha value is -2.16. The first-order chi connectivity index (χ1) is 9.11. The van der Waals surface area contributed by atoms with Crippen LogP contribution in [0.25, 0.3) is 0 Å². The molecule has 0 radical (unpaired) electrons. The smallest absolute Gasteiger partial charge is 0.154 e. The minimum Gasteiger partial charge on any atom is -0.492 e. The molecule has 2 rings (SSSR count). The van der Waals surface area contributed by atoms with Crippen molar-refractivity contribution in [1.29, 1.82) is 0 Å². The first-order valence-corrected chi connectivity index (χ1v) is 6.38. The standard InChI is InChI=1S/C16H19NO2/c1-4-18-14-6-5-7-15(16(14)17)19-13-9-8-11(2)12(3)10-13/h5-10H,4,17H2,1-3H3. The molecule has 0 saturated heterocycles. The highest BCUT2D eigenvalue weighted by Crippen LogP contribution is 2.34. The molecule has 19 heavy (non-hydrogen) atoms. The van der Waals surface area contributed by atoms with Crippen LogP contribution in [0.2, 0.25) is 0 Å². The van der Waals surface area contributed by atoms with Crippen molar-refractivity contribution in [3.8, 4) is 17.2 Å². The summed E-state index contributed by atoms with van der Waals surface area (Å²) in [4.78, 5) is 0. The molecule has 100 valence electrons. The molecule has 0 bridgehead atoms. The van der Waals surface area contributed by atoms with E-state index in [1.165, 1.54) is 11.1 Å². The van der Waals surface area contributed by atoms with Crippen molar-refractivity contribution < 1.29 is 9.47 Å². The molecule has 0 fully saturated rings. The lowest BCUT2D eigenvalue weighted by Gasteiger charge is -2.13. The van der Waals surface area contributed by atoms with E-state index in [2.05, 4.69) is 13.8 Å². The van der Waals surface area contributed by atoms with E-state index in [-0.39, 0.29) is 0 Å². The second-order valence-corrected chi connectivity index (χ2v) is 4.45. The minimum absolute atomic E-state index is 0.530. The van der Waals surface area contributed by atoms with Gasteiger partial charge < -0.3 is 15.2 Å². The lowest BCUT2D eigenvalue weighted by Crippen LogP contribution is -1.99. The topological polar surface area (TPSA) is 44.5 Å². The van der Waals surface area contributed by atoms with Crippen LogP contribution in [-0.4, -0.2) is 6.61 Å². The molecule has 0 amide bonds. The molecule has 3 heteroatoms. The van der Waals surface area contributed by atoms with E-state index in [0.717, 1.165) is 5.75 Å². The van der Waals surface area contributed by atoms with Gasteiger partial charge in [-0.15, -0.1) is 0 Å². The van der Waals surface area contributed by atoms with Crippen molar-refractivity contribution in [2.45, 2.75) is 20.8 Å². The van der Waals surface area contributed by atoms with Crippen LogP contribution < -0.4 is 15.2 Å². The van der Waals surface area contributed by atoms with Gasteiger partial charge in [0.15, 0.2) is 5.75 Å². The number of nitrogen functional groups attached to an aromatic ring is 1. The maximum absolute atomic E-state index is 6.04. The fourth-order valence-corrected chi connectivity index (χ4v) is 1.80. The molecule has 0 aliphatic carbocycles. The third-order valence-corrected chi connectivity index (χ3v) is 3.03. The monoisotopic (exact) mass is 257 g/mol. The fraction of sp³-hybridized carbons (Fsp3) is 0.250. The lowest BCUT2D eigenvalue weighted by molar-refractivity contribution is 0.340. The van der Waals surface area contributed by atoms with Gasteiger partial charge in [-0.1, -0.05) is 12.1 Å². The average molecular weight is 257 g/mol. The third-order valence-electron chi connectivity index (χ3n) is 3.03. The van der Waals surface area contributed by atoms with E-state index >= 15 is 0 Å². The van der Waals surface area contributed by atoms with E-state index in [1.54, 1.807) is 0 Å². The highest BCUT2D eigenvalue weighted by Gasteiger charge is 2.08. The van der Waals surface area contributed by atoms with Crippen LogP contribution in [0.15, 0.2) is 36.4 Å². The molecule has 0 saturated carbocycles. The molecule has 2 N–H and O–H groups in total. The van der Waals surface area contributed by atoms with Crippen molar-refractivity contribution in [1.82, 2.24) is 0 Å². The van der Waals surface area contributed by atoms with Crippen molar-refractivity contribution in [3.05, 3.63) is 47.5 Å². The number of hydrogen-bond donors (Lipinski definition) is 1. The Balaban J connectivity index is 2.27. The number of ether oxygens (including phenoxy) is 2. The van der Waals surface area contributed by atoms with Gasteiger partial charge >= 0.3 is 0 Å². The van der Waals surface area contributed by atoms with Crippen LogP contribution in [0.4, 0.5) is 5.69 Å². The number of para-hydroxylation sites is 1. The lowest BCUT2D eigenvalue weighted by atomic mass is 10.1. The zero-order valence-corrected chi connectivity index (χ0v) is 11.6. The second kappa shape index (κ2) is 5.65. The summed E-state index contributed by atoms with van der Waals surface area (Å²) < 4.78 is 11.3. The highest BCUT2D eigenvalue weighted by molar-refractivity contribution is 5.63. The first-order valence-electron chi connectivity index (χ1n) is 6.38. The van der Waals surface area contributed by atoms with E-state index < -0.39 is 0 Å². The Morgan fingerprint density at radius 3 is 2.42 bits per heavy atom. The summed E-state index contributed by atoms with van der Waals surface area (Å²) in [7, 11) is 0. The van der Waals surface area contributed by atoms with Crippen molar-refractivity contribution in [2.24, 2.45) is 0 Å². The molecule has 2 aromatic carbocycles. The van der Waals surface area contributed by atoms with Crippen molar-refractivity contribution in [2.75, 3.05) is 12.3 Å². The SMILES string of the molecule is CCOc1cccc(Oc2ccc(C)c(C)c2)c1N. The molecule has 0 aliphatic rings. The van der Waals surface area contributed by atoms with Crippen molar-refractivity contribution >= 4 is 5.69 Å². The van der Waals surface area contributed by atoms with E-state index in [0.29, 0.717) is 23.8 Å². The Morgan fingerprint density at radius 1 is 1.00 bits per heavy atom. The van der Waals surface area contributed by atoms with Crippen LogP contribution in [0.1, 0.15) is 18.1 Å². The van der Waals surface area contributed by atoms with Crippen molar-refractivity contribution in [3.63, 3.8) is 0 Å². The summed E-state index contributed by atoms with van der Waals surface area (Å²) in [5, 5.41) is 0. The average Bonchev–Trinajstić information content (AvgIpc) is 2.39. The van der Waals surface area contributed by atoms with Gasteiger partial charge in [0.05, 0.1) is 6.61 Å². The molecule has 0 unspecified atom stereocenters. The maximum atomic E-state index is 6.04. The molecule has 2 aromatic rings. The summed E-state index contributed by atoms with van der Waals surface area (Å²) in [6.07, 6.45) is 0. The van der Waals surface area contributed by atoms with Gasteiger partial charge in [-0.2, -0.15) is 0 Å². The van der Waals surface area contributed by atoms with Crippen LogP contribution >= 0.6 is 0 Å². The summed E-state index contributed by atoms with van der Waals surface area (Å²) in [5.41, 5.74) is 9.00. The number of hydrogen-bond acceptors (Lipinski definition) is 3. The van der Waals surface area contributed by atoms with Crippen LogP contribution in [0.3, 0.4) is 0 Å². The van der Waals surface area contributed by atoms with Gasteiger partial charge in [-0.25, -0.2) is 0 Å². The molecule has 0 heterocycles. The summed E-state index contributed by atoms with van der Waals surface area (Å²) in [6, 6.07) is 11.5. The van der Waals surface area contributed by atoms with Gasteiger partial charge in [-0.3, -0.25) is 0 Å². The summed E-state index contributed by atoms with van der Waals surface area (Å²) in [6.45, 7) is 6.64. The third kappa shape index (κ3) is 2.99. The number of benzene rings is 2. The van der Waals surface area contributed by atoms with Crippen LogP contribution in [0.5, 0.6) is 17.2 Å². The molecule has 3 nitrogen and oxygen atoms in total. The molecule has 0 aromatic heterocycles. The molecule has 0 spiro atoms. The predicted octanol–water partition coefficient (Wildman–Crippen LogP) is 4.08. The quantitative estimate of drug-likeness (QED) is 0.839. The maximum Gasteiger partial charge on any atom is 0.154 e. The molecular weight excluding hydrogens is 238 g/mol. The Kier molecular flexibility index (Phi) is 3.95. The van der Waals surface area contributed by atoms with Gasteiger partial charge in [0.2, 0.25) is 0 Å². The Morgan fingerprint density at radius 2 is 1.74 bits per heavy atom. The second-order valence-electron chi connectivity index (χ2n) is 4.45. The Labute approximate surface area is 114 Å². The highest BCUT2D eigenvalue weighted by atomic mass is 16.5. The van der Waals surface area contributed by atoms with E-state index in [1.807, 2.05) is 43.3 Å². The van der Waals surface area contributed by atoms with Crippen LogP contribution in [-0.2, 0) is 0 Å². The molecule has 0 atom stereocenters. The van der Waals surface area contributed by atoms with Gasteiger partial charge in [0.25, 0.3) is 0 Å². The molecule has 0 aliphatic heterocycles. The summed E-state index contributed by atoms with van der Waals surface area (Å²) >= 11 is 0. The van der Waals surface area contributed by atoms with E-state index in [4.69, 9.17) is 15.2 Å². The normalized spacial score (nSPS) is 10.3. The van der Waals surface area contributed by atoms with Crippen LogP contribution in [0, 0.1) is 13.8 Å². The van der Waals surface area contributed by atoms with Gasteiger partial charge in [0, 0.05) is 0 Å². The van der Waals surface area contributed by atoms with E-state index in [9.17, 15) is 0 Å². The Bertz CT molecular complexity index is 579. The zero-order chi connectivity index (χ0) is 13.8. The summed E-state index contributed by atoms with van der Waals surface area (Å²) in [5.74, 6) is 2.06. The number of anilines is 1.